The van der Waals surface area contributed by atoms with Crippen LogP contribution >= 0.6 is 22.6 Å². The fourth-order valence-corrected chi connectivity index (χ4v) is 2.46. The van der Waals surface area contributed by atoms with E-state index in [-0.39, 0.29) is 11.7 Å². The summed E-state index contributed by atoms with van der Waals surface area (Å²) in [6.07, 6.45) is 0. The molecular weight excluding hydrogens is 388 g/mol. The number of carbonyl (C=O) groups is 1. The van der Waals surface area contributed by atoms with Gasteiger partial charge in [0, 0.05) is 3.57 Å². The van der Waals surface area contributed by atoms with Crippen molar-refractivity contribution in [1.82, 2.24) is 0 Å². The Morgan fingerprint density at radius 3 is 2.57 bits per heavy atom. The van der Waals surface area contributed by atoms with Crippen molar-refractivity contribution in [3.63, 3.8) is 0 Å². The summed E-state index contributed by atoms with van der Waals surface area (Å²) >= 11 is 1.96. The number of ether oxygens (including phenoxy) is 2. The predicted octanol–water partition coefficient (Wildman–Crippen LogP) is 3.70. The lowest BCUT2D eigenvalue weighted by Crippen LogP contribution is -2.14. The number of rotatable bonds is 4. The summed E-state index contributed by atoms with van der Waals surface area (Å²) in [6.45, 7) is 0. The highest BCUT2D eigenvalue weighted by Gasteiger charge is 2.17. The van der Waals surface area contributed by atoms with E-state index in [1.807, 2.05) is 22.6 Å². The fraction of sp³-hybridized carbons (Fsp3) is 0.133. The van der Waals surface area contributed by atoms with Crippen molar-refractivity contribution >= 4 is 34.2 Å². The van der Waals surface area contributed by atoms with E-state index in [9.17, 15) is 9.18 Å². The highest BCUT2D eigenvalue weighted by atomic mass is 127. The average Bonchev–Trinajstić information content (AvgIpc) is 2.49. The molecule has 0 saturated heterocycles. The van der Waals surface area contributed by atoms with Crippen LogP contribution in [0.25, 0.3) is 0 Å². The summed E-state index contributed by atoms with van der Waals surface area (Å²) in [4.78, 5) is 12.4. The molecule has 0 aliphatic rings. The Bertz CT molecular complexity index is 676. The molecule has 110 valence electrons. The summed E-state index contributed by atoms with van der Waals surface area (Å²) in [7, 11) is 2.97. The smallest absolute Gasteiger partial charge is 0.259 e. The molecule has 2 rings (SSSR count). The zero-order valence-electron chi connectivity index (χ0n) is 11.4. The van der Waals surface area contributed by atoms with Gasteiger partial charge in [-0.1, -0.05) is 6.07 Å². The van der Waals surface area contributed by atoms with Gasteiger partial charge in [0.05, 0.1) is 25.5 Å². The first kappa shape index (κ1) is 15.6. The Labute approximate surface area is 135 Å². The van der Waals surface area contributed by atoms with Gasteiger partial charge in [0.15, 0.2) is 11.5 Å². The van der Waals surface area contributed by atoms with Gasteiger partial charge in [0.1, 0.15) is 5.82 Å². The number of benzene rings is 2. The van der Waals surface area contributed by atoms with Crippen molar-refractivity contribution in [3.05, 3.63) is 51.3 Å². The summed E-state index contributed by atoms with van der Waals surface area (Å²) in [6, 6.07) is 9.19. The summed E-state index contributed by atoms with van der Waals surface area (Å²) < 4.78 is 24.1. The molecule has 2 aromatic rings. The molecule has 4 nitrogen and oxygen atoms in total. The molecule has 21 heavy (non-hydrogen) atoms. The summed E-state index contributed by atoms with van der Waals surface area (Å²) in [5, 5.41) is 2.73. The van der Waals surface area contributed by atoms with Crippen LogP contribution in [0.4, 0.5) is 10.1 Å². The molecule has 1 N–H and O–H groups in total. The molecule has 0 fully saturated rings. The van der Waals surface area contributed by atoms with Crippen LogP contribution in [0.1, 0.15) is 10.4 Å². The minimum atomic E-state index is -0.352. The normalized spacial score (nSPS) is 10.1. The van der Waals surface area contributed by atoms with Crippen LogP contribution in [0, 0.1) is 9.39 Å². The number of hydrogen-bond acceptors (Lipinski definition) is 3. The van der Waals surface area contributed by atoms with Gasteiger partial charge in [-0.2, -0.15) is 0 Å². The lowest BCUT2D eigenvalue weighted by atomic mass is 10.1. The molecule has 0 aromatic heterocycles. The SMILES string of the molecule is COc1cccc(C(=O)Nc2ccc(F)cc2I)c1OC. The predicted molar refractivity (Wildman–Crippen MR) is 86.6 cm³/mol. The number of carbonyl (C=O) groups excluding carboxylic acids is 1. The van der Waals surface area contributed by atoms with Crippen molar-refractivity contribution in [2.45, 2.75) is 0 Å². The standard InChI is InChI=1S/C15H13FINO3/c1-20-13-5-3-4-10(14(13)21-2)15(19)18-12-7-6-9(16)8-11(12)17/h3-8H,1-2H3,(H,18,19). The number of methoxy groups -OCH3 is 2. The van der Waals surface area contributed by atoms with Crippen molar-refractivity contribution in [1.29, 1.82) is 0 Å². The van der Waals surface area contributed by atoms with E-state index in [1.54, 1.807) is 18.2 Å². The maximum atomic E-state index is 13.1. The lowest BCUT2D eigenvalue weighted by Gasteiger charge is -2.13. The van der Waals surface area contributed by atoms with Crippen LogP contribution in [0.15, 0.2) is 36.4 Å². The maximum absolute atomic E-state index is 13.1. The fourth-order valence-electron chi connectivity index (χ4n) is 1.85. The zero-order chi connectivity index (χ0) is 15.4. The van der Waals surface area contributed by atoms with Crippen LogP contribution in [0.3, 0.4) is 0 Å². The first-order chi connectivity index (χ1) is 10.1. The Hall–Kier alpha value is -1.83. The third-order valence-electron chi connectivity index (χ3n) is 2.83. The highest BCUT2D eigenvalue weighted by Crippen LogP contribution is 2.31. The summed E-state index contributed by atoms with van der Waals surface area (Å²) in [5.41, 5.74) is 0.879. The van der Waals surface area contributed by atoms with Crippen LogP contribution in [0.5, 0.6) is 11.5 Å². The van der Waals surface area contributed by atoms with Gasteiger partial charge in [-0.15, -0.1) is 0 Å². The molecule has 0 radical (unpaired) electrons. The Morgan fingerprint density at radius 2 is 1.95 bits per heavy atom. The van der Waals surface area contributed by atoms with Crippen molar-refractivity contribution in [2.24, 2.45) is 0 Å². The number of halogens is 2. The van der Waals surface area contributed by atoms with E-state index in [4.69, 9.17) is 9.47 Å². The second-order valence-electron chi connectivity index (χ2n) is 4.12. The Kier molecular flexibility index (Phi) is 5.00. The minimum Gasteiger partial charge on any atom is -0.493 e. The first-order valence-corrected chi connectivity index (χ1v) is 7.12. The molecule has 0 spiro atoms. The van der Waals surface area contributed by atoms with Gasteiger partial charge in [0.2, 0.25) is 0 Å². The molecule has 0 heterocycles. The zero-order valence-corrected chi connectivity index (χ0v) is 13.6. The maximum Gasteiger partial charge on any atom is 0.259 e. The second-order valence-corrected chi connectivity index (χ2v) is 5.28. The third kappa shape index (κ3) is 3.44. The number of amides is 1. The van der Waals surface area contributed by atoms with Gasteiger partial charge in [-0.05, 0) is 52.9 Å². The van der Waals surface area contributed by atoms with E-state index < -0.39 is 0 Å². The Balaban J connectivity index is 2.32. The molecular formula is C15H13FINO3. The second kappa shape index (κ2) is 6.75. The van der Waals surface area contributed by atoms with Crippen LogP contribution in [-0.2, 0) is 0 Å². The molecule has 0 saturated carbocycles. The van der Waals surface area contributed by atoms with E-state index in [2.05, 4.69) is 5.32 Å². The number of anilines is 1. The molecule has 1 amide bonds. The van der Waals surface area contributed by atoms with Crippen LogP contribution < -0.4 is 14.8 Å². The van der Waals surface area contributed by atoms with Crippen LogP contribution in [0.2, 0.25) is 0 Å². The number of para-hydroxylation sites is 1. The third-order valence-corrected chi connectivity index (χ3v) is 3.72. The number of nitrogens with one attached hydrogen (secondary N) is 1. The average molecular weight is 401 g/mol. The molecule has 0 atom stereocenters. The Morgan fingerprint density at radius 1 is 1.19 bits per heavy atom. The monoisotopic (exact) mass is 401 g/mol. The van der Waals surface area contributed by atoms with E-state index in [0.717, 1.165) is 0 Å². The van der Waals surface area contributed by atoms with Crippen molar-refractivity contribution in [3.8, 4) is 11.5 Å². The van der Waals surface area contributed by atoms with E-state index >= 15 is 0 Å². The summed E-state index contributed by atoms with van der Waals surface area (Å²) in [5.74, 6) is 0.125. The highest BCUT2D eigenvalue weighted by molar-refractivity contribution is 14.1. The molecule has 0 aliphatic heterocycles. The molecule has 0 bridgehead atoms. The van der Waals surface area contributed by atoms with Gasteiger partial charge < -0.3 is 14.8 Å². The van der Waals surface area contributed by atoms with Gasteiger partial charge in [0.25, 0.3) is 5.91 Å². The van der Waals surface area contributed by atoms with Crippen molar-refractivity contribution in [2.75, 3.05) is 19.5 Å². The molecule has 6 heteroatoms. The molecule has 2 aromatic carbocycles. The largest absolute Gasteiger partial charge is 0.493 e. The molecule has 0 unspecified atom stereocenters. The minimum absolute atomic E-state index is 0.344. The quantitative estimate of drug-likeness (QED) is 0.796. The number of hydrogen-bond donors (Lipinski definition) is 1. The first-order valence-electron chi connectivity index (χ1n) is 6.04. The molecule has 0 aliphatic carbocycles. The topological polar surface area (TPSA) is 47.6 Å². The lowest BCUT2D eigenvalue weighted by molar-refractivity contribution is 0.102. The van der Waals surface area contributed by atoms with Gasteiger partial charge in [-0.25, -0.2) is 4.39 Å². The van der Waals surface area contributed by atoms with Crippen molar-refractivity contribution < 1.29 is 18.7 Å². The van der Waals surface area contributed by atoms with Crippen LogP contribution in [-0.4, -0.2) is 20.1 Å². The van der Waals surface area contributed by atoms with E-state index in [0.29, 0.717) is 26.3 Å². The van der Waals surface area contributed by atoms with Gasteiger partial charge in [-0.3, -0.25) is 4.79 Å². The van der Waals surface area contributed by atoms with E-state index in [1.165, 1.54) is 32.4 Å². The van der Waals surface area contributed by atoms with Gasteiger partial charge >= 0.3 is 0 Å².